The topological polar surface area (TPSA) is 90.0 Å². The van der Waals surface area contributed by atoms with Crippen LogP contribution in [0.4, 0.5) is 4.39 Å². The van der Waals surface area contributed by atoms with Crippen molar-refractivity contribution in [3.8, 4) is 0 Å². The van der Waals surface area contributed by atoms with E-state index in [0.717, 1.165) is 31.0 Å². The molecule has 2 aliphatic rings. The van der Waals surface area contributed by atoms with Crippen LogP contribution in [0, 0.1) is 5.82 Å². The summed E-state index contributed by atoms with van der Waals surface area (Å²) in [5.74, 6) is -2.11. The summed E-state index contributed by atoms with van der Waals surface area (Å²) in [7, 11) is -3.87. The number of esters is 1. The lowest BCUT2D eigenvalue weighted by atomic mass is 9.96. The number of benzene rings is 1. The zero-order valence-corrected chi connectivity index (χ0v) is 15.0. The third-order valence-corrected chi connectivity index (χ3v) is 6.41. The van der Waals surface area contributed by atoms with Gasteiger partial charge in [0.15, 0.2) is 11.9 Å². The van der Waals surface area contributed by atoms with E-state index in [1.165, 1.54) is 4.31 Å². The SMILES string of the molecule is O=C(O[C@@H]1CCCCC1=O)c1cc(S(=O)(=O)N2CCOCC2)ccc1F. The number of morpholine rings is 1. The summed E-state index contributed by atoms with van der Waals surface area (Å²) in [5, 5.41) is 0. The van der Waals surface area contributed by atoms with Crippen molar-refractivity contribution in [3.05, 3.63) is 29.6 Å². The summed E-state index contributed by atoms with van der Waals surface area (Å²) in [6, 6.07) is 3.01. The van der Waals surface area contributed by atoms with Gasteiger partial charge in [-0.15, -0.1) is 0 Å². The molecule has 2 fully saturated rings. The maximum Gasteiger partial charge on any atom is 0.341 e. The van der Waals surface area contributed by atoms with Crippen molar-refractivity contribution >= 4 is 21.8 Å². The molecule has 1 aliphatic carbocycles. The molecule has 1 heterocycles. The second-order valence-corrected chi connectivity index (χ2v) is 8.20. The van der Waals surface area contributed by atoms with Crippen LogP contribution < -0.4 is 0 Å². The molecule has 0 N–H and O–H groups in total. The molecule has 0 spiro atoms. The molecule has 0 unspecified atom stereocenters. The van der Waals surface area contributed by atoms with Gasteiger partial charge in [0.05, 0.1) is 23.7 Å². The van der Waals surface area contributed by atoms with Crippen molar-refractivity contribution in [3.63, 3.8) is 0 Å². The summed E-state index contributed by atoms with van der Waals surface area (Å²) in [5.41, 5.74) is -0.488. The Morgan fingerprint density at radius 1 is 1.23 bits per heavy atom. The van der Waals surface area contributed by atoms with Gasteiger partial charge in [0.2, 0.25) is 10.0 Å². The fraction of sp³-hybridized carbons (Fsp3) is 0.529. The average Bonchev–Trinajstić information content (AvgIpc) is 2.64. The van der Waals surface area contributed by atoms with Gasteiger partial charge in [0, 0.05) is 19.5 Å². The Kier molecular flexibility index (Phi) is 5.69. The Morgan fingerprint density at radius 3 is 2.65 bits per heavy atom. The predicted octanol–water partition coefficient (Wildman–Crippen LogP) is 1.52. The number of hydrogen-bond acceptors (Lipinski definition) is 6. The Hall–Kier alpha value is -1.84. The summed E-state index contributed by atoms with van der Waals surface area (Å²) in [6.07, 6.45) is 1.32. The second-order valence-electron chi connectivity index (χ2n) is 6.26. The van der Waals surface area contributed by atoms with Crippen molar-refractivity contribution < 1.29 is 31.9 Å². The van der Waals surface area contributed by atoms with Gasteiger partial charge in [-0.1, -0.05) is 0 Å². The molecule has 9 heteroatoms. The fourth-order valence-corrected chi connectivity index (χ4v) is 4.46. The van der Waals surface area contributed by atoms with Gasteiger partial charge >= 0.3 is 5.97 Å². The number of rotatable bonds is 4. The molecule has 142 valence electrons. The number of hydrogen-bond donors (Lipinski definition) is 0. The van der Waals surface area contributed by atoms with Gasteiger partial charge in [-0.2, -0.15) is 4.31 Å². The number of carbonyl (C=O) groups is 2. The highest BCUT2D eigenvalue weighted by Gasteiger charge is 2.30. The second kappa shape index (κ2) is 7.81. The van der Waals surface area contributed by atoms with Crippen molar-refractivity contribution in [2.24, 2.45) is 0 Å². The van der Waals surface area contributed by atoms with Gasteiger partial charge in [0.1, 0.15) is 5.82 Å². The number of Topliss-reactive ketones (excluding diaryl/α,β-unsaturated/α-hetero) is 1. The number of ether oxygens (including phenoxy) is 2. The number of halogens is 1. The predicted molar refractivity (Wildman–Crippen MR) is 88.7 cm³/mol. The van der Waals surface area contributed by atoms with Gasteiger partial charge in [-0.25, -0.2) is 17.6 Å². The number of sulfonamides is 1. The van der Waals surface area contributed by atoms with Crippen LogP contribution in [-0.4, -0.2) is 56.9 Å². The summed E-state index contributed by atoms with van der Waals surface area (Å²) < 4.78 is 50.9. The fourth-order valence-electron chi connectivity index (χ4n) is 3.03. The minimum absolute atomic E-state index is 0.191. The molecule has 7 nitrogen and oxygen atoms in total. The normalized spacial score (nSPS) is 22.2. The number of nitrogens with zero attached hydrogens (tertiary/aromatic N) is 1. The van der Waals surface area contributed by atoms with Crippen molar-refractivity contribution in [1.82, 2.24) is 4.31 Å². The molecule has 1 aliphatic heterocycles. The maximum absolute atomic E-state index is 14.1. The third kappa shape index (κ3) is 3.94. The van der Waals surface area contributed by atoms with Crippen molar-refractivity contribution in [2.45, 2.75) is 36.7 Å². The number of ketones is 1. The first kappa shape index (κ1) is 18.9. The summed E-state index contributed by atoms with van der Waals surface area (Å²) >= 11 is 0. The quantitative estimate of drug-likeness (QED) is 0.730. The van der Waals surface area contributed by atoms with E-state index in [2.05, 4.69) is 0 Å². The standard InChI is InChI=1S/C17H20FNO6S/c18-14-6-5-12(26(22,23)19-7-9-24-10-8-19)11-13(14)17(21)25-16-4-2-1-3-15(16)20/h5-6,11,16H,1-4,7-10H2/t16-/m1/s1. The molecule has 1 saturated carbocycles. The maximum atomic E-state index is 14.1. The smallest absolute Gasteiger partial charge is 0.341 e. The van der Waals surface area contributed by atoms with E-state index in [9.17, 15) is 22.4 Å². The van der Waals surface area contributed by atoms with Crippen LogP contribution in [0.15, 0.2) is 23.1 Å². The molecule has 0 radical (unpaired) electrons. The molecule has 0 bridgehead atoms. The van der Waals surface area contributed by atoms with Gasteiger partial charge in [0.25, 0.3) is 0 Å². The van der Waals surface area contributed by atoms with Gasteiger partial charge in [-0.3, -0.25) is 4.79 Å². The van der Waals surface area contributed by atoms with Crippen LogP contribution in [0.2, 0.25) is 0 Å². The van der Waals surface area contributed by atoms with E-state index >= 15 is 0 Å². The average molecular weight is 385 g/mol. The van der Waals surface area contributed by atoms with Crippen LogP contribution in [0.25, 0.3) is 0 Å². The van der Waals surface area contributed by atoms with E-state index in [1.807, 2.05) is 0 Å². The van der Waals surface area contributed by atoms with E-state index in [1.54, 1.807) is 0 Å². The Morgan fingerprint density at radius 2 is 1.96 bits per heavy atom. The minimum Gasteiger partial charge on any atom is -0.451 e. The van der Waals surface area contributed by atoms with Crippen LogP contribution >= 0.6 is 0 Å². The molecule has 0 amide bonds. The van der Waals surface area contributed by atoms with E-state index < -0.39 is 33.5 Å². The zero-order chi connectivity index (χ0) is 18.7. The lowest BCUT2D eigenvalue weighted by Crippen LogP contribution is -2.40. The lowest BCUT2D eigenvalue weighted by Gasteiger charge is -2.26. The molecule has 1 aromatic carbocycles. The highest BCUT2D eigenvalue weighted by Crippen LogP contribution is 2.23. The minimum atomic E-state index is -3.87. The van der Waals surface area contributed by atoms with Crippen LogP contribution in [0.5, 0.6) is 0 Å². The first-order valence-electron chi connectivity index (χ1n) is 8.51. The largest absolute Gasteiger partial charge is 0.451 e. The molecule has 26 heavy (non-hydrogen) atoms. The summed E-state index contributed by atoms with van der Waals surface area (Å²) in [6.45, 7) is 0.935. The van der Waals surface area contributed by atoms with Gasteiger partial charge in [-0.05, 0) is 37.5 Å². The van der Waals surface area contributed by atoms with Crippen LogP contribution in [-0.2, 0) is 24.3 Å². The Bertz CT molecular complexity index is 803. The van der Waals surface area contributed by atoms with E-state index in [-0.39, 0.29) is 37.0 Å². The van der Waals surface area contributed by atoms with Crippen LogP contribution in [0.1, 0.15) is 36.0 Å². The summed E-state index contributed by atoms with van der Waals surface area (Å²) in [4.78, 5) is 23.9. The lowest BCUT2D eigenvalue weighted by molar-refractivity contribution is -0.129. The highest BCUT2D eigenvalue weighted by molar-refractivity contribution is 7.89. The molecular weight excluding hydrogens is 365 g/mol. The molecular formula is C17H20FNO6S. The third-order valence-electron chi connectivity index (χ3n) is 4.51. The van der Waals surface area contributed by atoms with Crippen molar-refractivity contribution in [2.75, 3.05) is 26.3 Å². The molecule has 1 aromatic rings. The first-order chi connectivity index (χ1) is 12.4. The van der Waals surface area contributed by atoms with E-state index in [4.69, 9.17) is 9.47 Å². The van der Waals surface area contributed by atoms with Crippen LogP contribution in [0.3, 0.4) is 0 Å². The highest BCUT2D eigenvalue weighted by atomic mass is 32.2. The molecule has 1 atom stereocenters. The number of carbonyl (C=O) groups excluding carboxylic acids is 2. The first-order valence-corrected chi connectivity index (χ1v) is 9.95. The molecule has 0 aromatic heterocycles. The van der Waals surface area contributed by atoms with Crippen molar-refractivity contribution in [1.29, 1.82) is 0 Å². The monoisotopic (exact) mass is 385 g/mol. The van der Waals surface area contributed by atoms with Gasteiger partial charge < -0.3 is 9.47 Å². The van der Waals surface area contributed by atoms with E-state index in [0.29, 0.717) is 12.8 Å². The Balaban J connectivity index is 1.83. The Labute approximate surface area is 151 Å². The molecule has 1 saturated heterocycles. The molecule has 3 rings (SSSR count). The zero-order valence-electron chi connectivity index (χ0n) is 14.1.